The number of allylic oxidation sites excluding steroid dienone is 2. The first-order valence-electron chi connectivity index (χ1n) is 6.51. The molecule has 1 nitrogen and oxygen atoms in total. The lowest BCUT2D eigenvalue weighted by molar-refractivity contribution is 0.463. The van der Waals surface area contributed by atoms with Crippen LogP contribution in [0.15, 0.2) is 24.4 Å². The first-order valence-corrected chi connectivity index (χ1v) is 6.51. The summed E-state index contributed by atoms with van der Waals surface area (Å²) in [4.78, 5) is 4.47. The number of hydrogen-bond donors (Lipinski definition) is 0. The zero-order valence-electron chi connectivity index (χ0n) is 12.0. The van der Waals surface area contributed by atoms with Crippen LogP contribution in [0, 0.1) is 5.41 Å². The highest BCUT2D eigenvalue weighted by Gasteiger charge is 2.12. The van der Waals surface area contributed by atoms with Crippen LogP contribution in [0.5, 0.6) is 0 Å². The summed E-state index contributed by atoms with van der Waals surface area (Å²) in [5.41, 5.74) is 3.99. The van der Waals surface area contributed by atoms with Crippen molar-refractivity contribution in [1.82, 2.24) is 4.98 Å². The van der Waals surface area contributed by atoms with Crippen LogP contribution in [0.4, 0.5) is 0 Å². The molecule has 0 fully saturated rings. The number of pyridine rings is 1. The van der Waals surface area contributed by atoms with E-state index in [4.69, 9.17) is 0 Å². The van der Waals surface area contributed by atoms with Gasteiger partial charge < -0.3 is 0 Å². The van der Waals surface area contributed by atoms with E-state index in [-0.39, 0.29) is 5.41 Å². The van der Waals surface area contributed by atoms with Crippen molar-refractivity contribution in [2.24, 2.45) is 5.41 Å². The topological polar surface area (TPSA) is 12.9 Å². The summed E-state index contributed by atoms with van der Waals surface area (Å²) in [6.07, 6.45) is 5.40. The molecule has 0 atom stereocenters. The maximum absolute atomic E-state index is 4.47. The fraction of sp³-hybridized carbons (Fsp3) is 0.562. The molecule has 0 saturated carbocycles. The highest BCUT2D eigenvalue weighted by Crippen LogP contribution is 2.27. The highest BCUT2D eigenvalue weighted by atomic mass is 14.7. The Morgan fingerprint density at radius 2 is 2.06 bits per heavy atom. The molecule has 1 rings (SSSR count). The Bertz CT molecular complexity index is 400. The summed E-state index contributed by atoms with van der Waals surface area (Å²) in [6.45, 7) is 13.3. The third-order valence-corrected chi connectivity index (χ3v) is 3.37. The highest BCUT2D eigenvalue weighted by molar-refractivity contribution is 5.61. The Kier molecular flexibility index (Phi) is 4.50. The predicted octanol–water partition coefficient (Wildman–Crippen LogP) is 5.04. The van der Waals surface area contributed by atoms with Gasteiger partial charge in [0.05, 0.1) is 5.69 Å². The molecule has 0 aliphatic carbocycles. The second-order valence-electron chi connectivity index (χ2n) is 5.80. The molecule has 1 aromatic heterocycles. The molecule has 1 heterocycles. The van der Waals surface area contributed by atoms with Gasteiger partial charge in [-0.05, 0) is 47.9 Å². The standard InChI is InChI=1S/C16H25N/c1-7-16(5,6)11-13(4)15-10-14(12(2)3)8-9-17-15/h8-12H,7H2,1-6H3/b13-11+. The minimum Gasteiger partial charge on any atom is -0.257 e. The molecule has 0 N–H and O–H groups in total. The molecule has 0 aromatic carbocycles. The molecule has 0 amide bonds. The Labute approximate surface area is 106 Å². The van der Waals surface area contributed by atoms with Crippen LogP contribution in [0.25, 0.3) is 5.57 Å². The quantitative estimate of drug-likeness (QED) is 0.707. The van der Waals surface area contributed by atoms with Gasteiger partial charge in [0.25, 0.3) is 0 Å². The largest absolute Gasteiger partial charge is 0.257 e. The van der Waals surface area contributed by atoms with E-state index in [1.54, 1.807) is 0 Å². The van der Waals surface area contributed by atoms with Crippen molar-refractivity contribution in [1.29, 1.82) is 0 Å². The first-order chi connectivity index (χ1) is 7.85. The van der Waals surface area contributed by atoms with Crippen LogP contribution in [-0.2, 0) is 0 Å². The summed E-state index contributed by atoms with van der Waals surface area (Å²) in [6, 6.07) is 4.31. The Morgan fingerprint density at radius 3 is 2.59 bits per heavy atom. The monoisotopic (exact) mass is 231 g/mol. The fourth-order valence-electron chi connectivity index (χ4n) is 1.78. The summed E-state index contributed by atoms with van der Waals surface area (Å²) in [5.74, 6) is 0.559. The Hall–Kier alpha value is -1.11. The summed E-state index contributed by atoms with van der Waals surface area (Å²) in [5, 5.41) is 0. The third-order valence-electron chi connectivity index (χ3n) is 3.37. The maximum Gasteiger partial charge on any atom is 0.0658 e. The zero-order chi connectivity index (χ0) is 13.1. The van der Waals surface area contributed by atoms with E-state index >= 15 is 0 Å². The van der Waals surface area contributed by atoms with Gasteiger partial charge in [-0.15, -0.1) is 0 Å². The lowest BCUT2D eigenvalue weighted by atomic mass is 9.87. The number of nitrogens with zero attached hydrogens (tertiary/aromatic N) is 1. The molecule has 0 aliphatic heterocycles. The van der Waals surface area contributed by atoms with E-state index in [1.165, 1.54) is 11.1 Å². The smallest absolute Gasteiger partial charge is 0.0658 e. The molecule has 1 heteroatoms. The zero-order valence-corrected chi connectivity index (χ0v) is 12.0. The van der Waals surface area contributed by atoms with Crippen LogP contribution < -0.4 is 0 Å². The normalized spacial score (nSPS) is 13.2. The van der Waals surface area contributed by atoms with Crippen LogP contribution in [-0.4, -0.2) is 4.98 Å². The van der Waals surface area contributed by atoms with Crippen LogP contribution in [0.3, 0.4) is 0 Å². The number of hydrogen-bond acceptors (Lipinski definition) is 1. The SMILES string of the molecule is CCC(C)(C)/C=C(\C)c1cc(C(C)C)ccn1. The van der Waals surface area contributed by atoms with Gasteiger partial charge in [0.2, 0.25) is 0 Å². The van der Waals surface area contributed by atoms with Gasteiger partial charge in [-0.2, -0.15) is 0 Å². The maximum atomic E-state index is 4.47. The summed E-state index contributed by atoms with van der Waals surface area (Å²) < 4.78 is 0. The molecule has 0 saturated heterocycles. The minimum atomic E-state index is 0.250. The molecule has 94 valence electrons. The van der Waals surface area contributed by atoms with E-state index in [2.05, 4.69) is 64.7 Å². The van der Waals surface area contributed by atoms with E-state index in [0.717, 1.165) is 12.1 Å². The molecule has 0 spiro atoms. The molecule has 0 radical (unpaired) electrons. The Morgan fingerprint density at radius 1 is 1.41 bits per heavy atom. The van der Waals surface area contributed by atoms with E-state index in [0.29, 0.717) is 5.92 Å². The van der Waals surface area contributed by atoms with Gasteiger partial charge in [-0.25, -0.2) is 0 Å². The van der Waals surface area contributed by atoms with Crippen molar-refractivity contribution >= 4 is 5.57 Å². The van der Waals surface area contributed by atoms with Crippen molar-refractivity contribution in [2.75, 3.05) is 0 Å². The second-order valence-corrected chi connectivity index (χ2v) is 5.80. The van der Waals surface area contributed by atoms with Crippen molar-refractivity contribution < 1.29 is 0 Å². The molecule has 17 heavy (non-hydrogen) atoms. The van der Waals surface area contributed by atoms with Crippen molar-refractivity contribution in [2.45, 2.75) is 53.9 Å². The number of rotatable bonds is 4. The molecule has 0 bridgehead atoms. The van der Waals surface area contributed by atoms with E-state index < -0.39 is 0 Å². The molecule has 1 aromatic rings. The van der Waals surface area contributed by atoms with Gasteiger partial charge in [-0.1, -0.05) is 40.7 Å². The second kappa shape index (κ2) is 5.48. The lowest BCUT2D eigenvalue weighted by Crippen LogP contribution is -2.06. The van der Waals surface area contributed by atoms with Crippen molar-refractivity contribution in [3.63, 3.8) is 0 Å². The van der Waals surface area contributed by atoms with Crippen molar-refractivity contribution in [3.05, 3.63) is 35.7 Å². The van der Waals surface area contributed by atoms with Gasteiger partial charge in [0.1, 0.15) is 0 Å². The average molecular weight is 231 g/mol. The first kappa shape index (κ1) is 14.0. The van der Waals surface area contributed by atoms with Crippen LogP contribution >= 0.6 is 0 Å². The molecular weight excluding hydrogens is 206 g/mol. The summed E-state index contributed by atoms with van der Waals surface area (Å²) >= 11 is 0. The van der Waals surface area contributed by atoms with Gasteiger partial charge in [0.15, 0.2) is 0 Å². The summed E-state index contributed by atoms with van der Waals surface area (Å²) in [7, 11) is 0. The average Bonchev–Trinajstić information content (AvgIpc) is 2.28. The number of aromatic nitrogens is 1. The van der Waals surface area contributed by atoms with Gasteiger partial charge in [0, 0.05) is 6.20 Å². The van der Waals surface area contributed by atoms with E-state index in [9.17, 15) is 0 Å². The third kappa shape index (κ3) is 3.99. The molecule has 0 unspecified atom stereocenters. The lowest BCUT2D eigenvalue weighted by Gasteiger charge is -2.19. The van der Waals surface area contributed by atoms with Crippen molar-refractivity contribution in [3.8, 4) is 0 Å². The fourth-order valence-corrected chi connectivity index (χ4v) is 1.78. The Balaban J connectivity index is 3.04. The molecule has 0 aliphatic rings. The predicted molar refractivity (Wildman–Crippen MR) is 76.0 cm³/mol. The van der Waals surface area contributed by atoms with E-state index in [1.807, 2.05) is 6.20 Å². The molecular formula is C16H25N. The van der Waals surface area contributed by atoms with Gasteiger partial charge in [-0.3, -0.25) is 4.98 Å². The minimum absolute atomic E-state index is 0.250. The van der Waals surface area contributed by atoms with Gasteiger partial charge >= 0.3 is 0 Å². The van der Waals surface area contributed by atoms with Crippen LogP contribution in [0.1, 0.15) is 65.1 Å². The van der Waals surface area contributed by atoms with Crippen LogP contribution in [0.2, 0.25) is 0 Å².